The molecule has 0 spiro atoms. The minimum absolute atomic E-state index is 0.367. The van der Waals surface area contributed by atoms with Crippen molar-refractivity contribution in [1.82, 2.24) is 10.2 Å². The van der Waals surface area contributed by atoms with Gasteiger partial charge in [-0.15, -0.1) is 0 Å². The smallest absolute Gasteiger partial charge is 0.105 e. The summed E-state index contributed by atoms with van der Waals surface area (Å²) < 4.78 is 0. The fourth-order valence-corrected chi connectivity index (χ4v) is 3.87. The Morgan fingerprint density at radius 1 is 1.19 bits per heavy atom. The van der Waals surface area contributed by atoms with E-state index in [1.807, 2.05) is 0 Å². The van der Waals surface area contributed by atoms with Crippen LogP contribution in [-0.4, -0.2) is 35.1 Å². The van der Waals surface area contributed by atoms with Crippen LogP contribution < -0.4 is 5.32 Å². The third-order valence-corrected chi connectivity index (χ3v) is 4.99. The maximum atomic E-state index is 9.61. The zero-order valence-electron chi connectivity index (χ0n) is 14.4. The SMILES string of the molecule is CC(C)CN(C(C)CC(C)(C#N)NC1CC1)C1CCCC1. The molecule has 0 aromatic carbocycles. The van der Waals surface area contributed by atoms with Crippen LogP contribution in [0.4, 0.5) is 0 Å². The molecule has 2 atom stereocenters. The Balaban J connectivity index is 1.98. The Bertz CT molecular complexity index is 363. The van der Waals surface area contributed by atoms with Crippen molar-refractivity contribution in [3.05, 3.63) is 0 Å². The Kier molecular flexibility index (Phi) is 5.68. The number of hydrogen-bond donors (Lipinski definition) is 1. The molecule has 0 aromatic heterocycles. The molecule has 0 heterocycles. The van der Waals surface area contributed by atoms with Gasteiger partial charge in [0.05, 0.1) is 6.07 Å². The molecule has 2 aliphatic rings. The summed E-state index contributed by atoms with van der Waals surface area (Å²) in [5, 5.41) is 13.2. The Labute approximate surface area is 131 Å². The van der Waals surface area contributed by atoms with E-state index in [4.69, 9.17) is 0 Å². The van der Waals surface area contributed by atoms with Gasteiger partial charge < -0.3 is 0 Å². The highest BCUT2D eigenvalue weighted by Crippen LogP contribution is 2.30. The second-order valence-electron chi connectivity index (χ2n) is 7.94. The molecule has 2 unspecified atom stereocenters. The van der Waals surface area contributed by atoms with Crippen LogP contribution in [0.3, 0.4) is 0 Å². The molecule has 0 bridgehead atoms. The number of nitrogens with one attached hydrogen (secondary N) is 1. The third kappa shape index (κ3) is 4.97. The van der Waals surface area contributed by atoms with E-state index in [-0.39, 0.29) is 5.54 Å². The molecule has 0 aromatic rings. The maximum absolute atomic E-state index is 9.61. The lowest BCUT2D eigenvalue weighted by Crippen LogP contribution is -2.50. The first kappa shape index (κ1) is 16.8. The minimum atomic E-state index is -0.367. The van der Waals surface area contributed by atoms with Gasteiger partial charge in [0, 0.05) is 24.7 Å². The van der Waals surface area contributed by atoms with Gasteiger partial charge in [-0.3, -0.25) is 10.2 Å². The third-order valence-electron chi connectivity index (χ3n) is 4.99. The molecule has 0 amide bonds. The molecule has 2 saturated carbocycles. The van der Waals surface area contributed by atoms with Crippen molar-refractivity contribution in [2.75, 3.05) is 6.54 Å². The maximum Gasteiger partial charge on any atom is 0.105 e. The standard InChI is InChI=1S/C18H33N3/c1-14(2)12-21(17-7-5-6-8-17)15(3)11-18(4,13-19)20-16-9-10-16/h14-17,20H,5-12H2,1-4H3. The predicted octanol–water partition coefficient (Wildman–Crippen LogP) is 3.70. The Morgan fingerprint density at radius 3 is 2.29 bits per heavy atom. The summed E-state index contributed by atoms with van der Waals surface area (Å²) in [6.07, 6.45) is 8.85. The van der Waals surface area contributed by atoms with Crippen molar-refractivity contribution >= 4 is 0 Å². The first-order valence-electron chi connectivity index (χ1n) is 8.88. The molecule has 1 N–H and O–H groups in total. The van der Waals surface area contributed by atoms with Gasteiger partial charge >= 0.3 is 0 Å². The number of rotatable bonds is 8. The van der Waals surface area contributed by atoms with Crippen LogP contribution in [0.15, 0.2) is 0 Å². The van der Waals surface area contributed by atoms with Crippen molar-refractivity contribution in [3.8, 4) is 6.07 Å². The van der Waals surface area contributed by atoms with Crippen molar-refractivity contribution in [2.45, 2.75) is 96.3 Å². The second kappa shape index (κ2) is 7.11. The summed E-state index contributed by atoms with van der Waals surface area (Å²) in [6, 6.07) is 4.35. The summed E-state index contributed by atoms with van der Waals surface area (Å²) in [5.41, 5.74) is -0.367. The average Bonchev–Trinajstić information content (AvgIpc) is 3.06. The molecule has 3 nitrogen and oxygen atoms in total. The van der Waals surface area contributed by atoms with Gasteiger partial charge in [-0.1, -0.05) is 26.7 Å². The fourth-order valence-electron chi connectivity index (χ4n) is 3.87. The van der Waals surface area contributed by atoms with Crippen LogP contribution in [0.1, 0.15) is 72.6 Å². The van der Waals surface area contributed by atoms with Gasteiger partial charge in [0.15, 0.2) is 0 Å². The molecular formula is C18H33N3. The van der Waals surface area contributed by atoms with E-state index >= 15 is 0 Å². The van der Waals surface area contributed by atoms with E-state index in [9.17, 15) is 5.26 Å². The van der Waals surface area contributed by atoms with Crippen molar-refractivity contribution in [2.24, 2.45) is 5.92 Å². The average molecular weight is 291 g/mol. The summed E-state index contributed by atoms with van der Waals surface area (Å²) >= 11 is 0. The monoisotopic (exact) mass is 291 g/mol. The summed E-state index contributed by atoms with van der Waals surface area (Å²) in [7, 11) is 0. The molecule has 0 saturated heterocycles. The summed E-state index contributed by atoms with van der Waals surface area (Å²) in [4.78, 5) is 2.70. The quantitative estimate of drug-likeness (QED) is 0.741. The van der Waals surface area contributed by atoms with E-state index in [2.05, 4.69) is 44.0 Å². The Hall–Kier alpha value is -0.590. The lowest BCUT2D eigenvalue weighted by Gasteiger charge is -2.39. The molecule has 21 heavy (non-hydrogen) atoms. The zero-order chi connectivity index (χ0) is 15.5. The molecule has 0 radical (unpaired) electrons. The molecule has 120 valence electrons. The highest BCUT2D eigenvalue weighted by molar-refractivity contribution is 5.08. The highest BCUT2D eigenvalue weighted by atomic mass is 15.2. The van der Waals surface area contributed by atoms with Gasteiger partial charge in [-0.05, 0) is 51.9 Å². The molecule has 2 aliphatic carbocycles. The van der Waals surface area contributed by atoms with Gasteiger partial charge in [-0.2, -0.15) is 5.26 Å². The van der Waals surface area contributed by atoms with E-state index in [1.54, 1.807) is 0 Å². The zero-order valence-corrected chi connectivity index (χ0v) is 14.4. The lowest BCUT2D eigenvalue weighted by atomic mass is 9.92. The van der Waals surface area contributed by atoms with Crippen LogP contribution in [0.25, 0.3) is 0 Å². The van der Waals surface area contributed by atoms with Crippen LogP contribution in [0.5, 0.6) is 0 Å². The Morgan fingerprint density at radius 2 is 1.81 bits per heavy atom. The first-order valence-corrected chi connectivity index (χ1v) is 8.88. The van der Waals surface area contributed by atoms with E-state index in [0.29, 0.717) is 18.0 Å². The first-order chi connectivity index (χ1) is 9.93. The molecular weight excluding hydrogens is 258 g/mol. The highest BCUT2D eigenvalue weighted by Gasteiger charge is 2.36. The van der Waals surface area contributed by atoms with Gasteiger partial charge in [-0.25, -0.2) is 0 Å². The minimum Gasteiger partial charge on any atom is -0.297 e. The van der Waals surface area contributed by atoms with Crippen molar-refractivity contribution in [3.63, 3.8) is 0 Å². The normalized spacial score (nSPS) is 24.2. The molecule has 2 rings (SSSR count). The topological polar surface area (TPSA) is 39.1 Å². The van der Waals surface area contributed by atoms with E-state index in [1.165, 1.54) is 38.5 Å². The van der Waals surface area contributed by atoms with Crippen LogP contribution in [-0.2, 0) is 0 Å². The second-order valence-corrected chi connectivity index (χ2v) is 7.94. The number of nitriles is 1. The van der Waals surface area contributed by atoms with Crippen molar-refractivity contribution in [1.29, 1.82) is 5.26 Å². The number of hydrogen-bond acceptors (Lipinski definition) is 3. The predicted molar refractivity (Wildman–Crippen MR) is 88.1 cm³/mol. The molecule has 0 aliphatic heterocycles. The largest absolute Gasteiger partial charge is 0.297 e. The van der Waals surface area contributed by atoms with Crippen LogP contribution in [0, 0.1) is 17.2 Å². The van der Waals surface area contributed by atoms with E-state index in [0.717, 1.165) is 19.0 Å². The lowest BCUT2D eigenvalue weighted by molar-refractivity contribution is 0.108. The van der Waals surface area contributed by atoms with E-state index < -0.39 is 0 Å². The summed E-state index contributed by atoms with van der Waals surface area (Å²) in [6.45, 7) is 10.2. The van der Waals surface area contributed by atoms with Gasteiger partial charge in [0.25, 0.3) is 0 Å². The van der Waals surface area contributed by atoms with Crippen LogP contribution >= 0.6 is 0 Å². The van der Waals surface area contributed by atoms with Gasteiger partial charge in [0.1, 0.15) is 5.54 Å². The number of nitrogens with zero attached hydrogens (tertiary/aromatic N) is 2. The van der Waals surface area contributed by atoms with Gasteiger partial charge in [0.2, 0.25) is 0 Å². The molecule has 2 fully saturated rings. The fraction of sp³-hybridized carbons (Fsp3) is 0.944. The van der Waals surface area contributed by atoms with Crippen molar-refractivity contribution < 1.29 is 0 Å². The summed E-state index contributed by atoms with van der Waals surface area (Å²) in [5.74, 6) is 0.692. The molecule has 3 heteroatoms. The van der Waals surface area contributed by atoms with Crippen LogP contribution in [0.2, 0.25) is 0 Å².